The van der Waals surface area contributed by atoms with Gasteiger partial charge in [-0.1, -0.05) is 49.6 Å². The van der Waals surface area contributed by atoms with E-state index in [0.717, 1.165) is 49.9 Å². The zero-order chi connectivity index (χ0) is 19.6. The number of nitrogens with zero attached hydrogens (tertiary/aromatic N) is 2. The van der Waals surface area contributed by atoms with E-state index in [0.29, 0.717) is 10.6 Å². The lowest BCUT2D eigenvalue weighted by Gasteiger charge is -2.38. The molecule has 0 radical (unpaired) electrons. The molecule has 1 unspecified atom stereocenters. The highest BCUT2D eigenvalue weighted by atomic mass is 32.2. The van der Waals surface area contributed by atoms with Crippen molar-refractivity contribution in [1.82, 2.24) is 9.21 Å². The Labute approximate surface area is 171 Å². The minimum Gasteiger partial charge on any atom is -0.341 e. The van der Waals surface area contributed by atoms with Crippen molar-refractivity contribution < 1.29 is 13.2 Å². The van der Waals surface area contributed by atoms with Crippen LogP contribution in [0.1, 0.15) is 43.2 Å². The third kappa shape index (κ3) is 3.88. The van der Waals surface area contributed by atoms with Gasteiger partial charge in [-0.05, 0) is 41.8 Å². The first-order valence-electron chi connectivity index (χ1n) is 9.98. The molecule has 0 saturated carbocycles. The van der Waals surface area contributed by atoms with Crippen molar-refractivity contribution in [3.63, 3.8) is 0 Å². The molecule has 1 atom stereocenters. The van der Waals surface area contributed by atoms with E-state index < -0.39 is 16.1 Å². The van der Waals surface area contributed by atoms with Gasteiger partial charge in [0.2, 0.25) is 5.91 Å². The maximum atomic E-state index is 13.5. The number of amides is 1. The van der Waals surface area contributed by atoms with Crippen molar-refractivity contribution in [3.05, 3.63) is 52.9 Å². The summed E-state index contributed by atoms with van der Waals surface area (Å²) < 4.78 is 28.4. The molecule has 0 bridgehead atoms. The molecule has 28 heavy (non-hydrogen) atoms. The van der Waals surface area contributed by atoms with Crippen molar-refractivity contribution in [2.45, 2.75) is 55.3 Å². The lowest BCUT2D eigenvalue weighted by molar-refractivity contribution is -0.136. The smallest absolute Gasteiger partial charge is 0.253 e. The van der Waals surface area contributed by atoms with Crippen molar-refractivity contribution in [2.24, 2.45) is 0 Å². The molecule has 1 fully saturated rings. The zero-order valence-corrected chi connectivity index (χ0v) is 17.6. The number of thiophene rings is 1. The van der Waals surface area contributed by atoms with Gasteiger partial charge in [0.1, 0.15) is 10.3 Å². The van der Waals surface area contributed by atoms with E-state index in [9.17, 15) is 13.2 Å². The van der Waals surface area contributed by atoms with Crippen LogP contribution < -0.4 is 0 Å². The van der Waals surface area contributed by atoms with Crippen LogP contribution in [0, 0.1) is 0 Å². The Hall–Kier alpha value is -1.70. The summed E-state index contributed by atoms with van der Waals surface area (Å²) in [5, 5.41) is 1.76. The summed E-state index contributed by atoms with van der Waals surface area (Å²) in [6, 6.07) is 10.6. The predicted molar refractivity (Wildman–Crippen MR) is 111 cm³/mol. The number of hydrogen-bond donors (Lipinski definition) is 0. The van der Waals surface area contributed by atoms with Crippen LogP contribution >= 0.6 is 11.3 Å². The van der Waals surface area contributed by atoms with E-state index >= 15 is 0 Å². The summed E-state index contributed by atoms with van der Waals surface area (Å²) in [4.78, 5) is 15.4. The third-order valence-electron chi connectivity index (χ3n) is 5.72. The molecule has 1 aromatic carbocycles. The molecule has 1 amide bonds. The second kappa shape index (κ2) is 8.35. The molecule has 4 rings (SSSR count). The molecule has 2 aromatic rings. The maximum absolute atomic E-state index is 13.5. The summed E-state index contributed by atoms with van der Waals surface area (Å²) in [7, 11) is -3.71. The quantitative estimate of drug-likeness (QED) is 0.764. The van der Waals surface area contributed by atoms with Crippen LogP contribution in [-0.4, -0.2) is 42.7 Å². The van der Waals surface area contributed by atoms with E-state index in [2.05, 4.69) is 0 Å². The number of carbonyl (C=O) groups excluding carboxylic acids is 1. The van der Waals surface area contributed by atoms with Gasteiger partial charge in [-0.25, -0.2) is 8.42 Å². The first-order valence-corrected chi connectivity index (χ1v) is 12.3. The molecular weight excluding hydrogens is 392 g/mol. The molecule has 0 spiro atoms. The van der Waals surface area contributed by atoms with Crippen LogP contribution in [0.2, 0.25) is 0 Å². The van der Waals surface area contributed by atoms with Gasteiger partial charge in [0.15, 0.2) is 0 Å². The molecule has 2 aliphatic rings. The highest BCUT2D eigenvalue weighted by molar-refractivity contribution is 7.91. The van der Waals surface area contributed by atoms with E-state index in [1.807, 2.05) is 29.2 Å². The fourth-order valence-corrected chi connectivity index (χ4v) is 6.85. The Balaban J connectivity index is 1.68. The number of rotatable bonds is 3. The fraction of sp³-hybridized carbons (Fsp3) is 0.476. The van der Waals surface area contributed by atoms with E-state index in [1.54, 1.807) is 17.5 Å². The summed E-state index contributed by atoms with van der Waals surface area (Å²) in [5.41, 5.74) is 2.06. The summed E-state index contributed by atoms with van der Waals surface area (Å²) in [6.07, 6.45) is 5.91. The van der Waals surface area contributed by atoms with Crippen molar-refractivity contribution in [2.75, 3.05) is 13.1 Å². The number of hydrogen-bond acceptors (Lipinski definition) is 4. The number of benzene rings is 1. The van der Waals surface area contributed by atoms with Crippen LogP contribution in [0.4, 0.5) is 0 Å². The highest BCUT2D eigenvalue weighted by Crippen LogP contribution is 2.32. The van der Waals surface area contributed by atoms with Gasteiger partial charge in [-0.3, -0.25) is 4.79 Å². The largest absolute Gasteiger partial charge is 0.341 e. The average Bonchev–Trinajstić information content (AvgIpc) is 3.22. The SMILES string of the molecule is O=C(C1Cc2ccccc2CN1S(=O)(=O)c1cccs1)N1CCCCCCC1. The molecule has 0 N–H and O–H groups in total. The molecule has 1 saturated heterocycles. The van der Waals surface area contributed by atoms with E-state index in [-0.39, 0.29) is 12.5 Å². The summed E-state index contributed by atoms with van der Waals surface area (Å²) in [6.45, 7) is 1.70. The molecular formula is C21H26N2O3S2. The lowest BCUT2D eigenvalue weighted by atomic mass is 9.95. The highest BCUT2D eigenvalue weighted by Gasteiger charge is 2.41. The van der Waals surface area contributed by atoms with E-state index in [1.165, 1.54) is 22.1 Å². The Morgan fingerprint density at radius 3 is 2.29 bits per heavy atom. The van der Waals surface area contributed by atoms with Crippen molar-refractivity contribution in [1.29, 1.82) is 0 Å². The number of carbonyl (C=O) groups is 1. The number of likely N-dealkylation sites (tertiary alicyclic amines) is 1. The normalized spacial score (nSPS) is 21.6. The molecule has 150 valence electrons. The van der Waals surface area contributed by atoms with Gasteiger partial charge in [0.25, 0.3) is 10.0 Å². The molecule has 5 nitrogen and oxygen atoms in total. The fourth-order valence-electron chi connectivity index (χ4n) is 4.17. The van der Waals surface area contributed by atoms with Gasteiger partial charge in [0.05, 0.1) is 0 Å². The standard InChI is InChI=1S/C21H26N2O3S2/c24-21(22-12-6-2-1-3-7-13-22)19-15-17-9-4-5-10-18(17)16-23(19)28(25,26)20-11-8-14-27-20/h4-5,8-11,14,19H,1-3,6-7,12-13,15-16H2. The van der Waals surface area contributed by atoms with Crippen LogP contribution in [0.15, 0.2) is 46.0 Å². The van der Waals surface area contributed by atoms with E-state index in [4.69, 9.17) is 0 Å². The molecule has 3 heterocycles. The lowest BCUT2D eigenvalue weighted by Crippen LogP contribution is -2.53. The predicted octanol–water partition coefficient (Wildman–Crippen LogP) is 3.66. The Morgan fingerprint density at radius 2 is 1.61 bits per heavy atom. The van der Waals surface area contributed by atoms with Gasteiger partial charge < -0.3 is 4.90 Å². The molecule has 2 aliphatic heterocycles. The van der Waals surface area contributed by atoms with Gasteiger partial charge in [-0.15, -0.1) is 11.3 Å². The molecule has 1 aromatic heterocycles. The number of fused-ring (bicyclic) bond motifs is 1. The summed E-state index contributed by atoms with van der Waals surface area (Å²) in [5.74, 6) is -0.0449. The van der Waals surface area contributed by atoms with Crippen LogP contribution in [0.5, 0.6) is 0 Å². The van der Waals surface area contributed by atoms with Crippen molar-refractivity contribution in [3.8, 4) is 0 Å². The Morgan fingerprint density at radius 1 is 0.929 bits per heavy atom. The topological polar surface area (TPSA) is 57.7 Å². The van der Waals surface area contributed by atoms with Crippen molar-refractivity contribution >= 4 is 27.3 Å². The second-order valence-corrected chi connectivity index (χ2v) is 10.6. The zero-order valence-electron chi connectivity index (χ0n) is 15.9. The van der Waals surface area contributed by atoms with Crippen LogP contribution in [-0.2, 0) is 27.8 Å². The van der Waals surface area contributed by atoms with Crippen LogP contribution in [0.3, 0.4) is 0 Å². The number of sulfonamides is 1. The first kappa shape index (κ1) is 19.6. The van der Waals surface area contributed by atoms with Gasteiger partial charge in [-0.2, -0.15) is 4.31 Å². The van der Waals surface area contributed by atoms with Crippen LogP contribution in [0.25, 0.3) is 0 Å². The van der Waals surface area contributed by atoms with Gasteiger partial charge in [0, 0.05) is 19.6 Å². The molecule has 7 heteroatoms. The summed E-state index contributed by atoms with van der Waals surface area (Å²) >= 11 is 1.21. The first-order chi connectivity index (χ1) is 13.6. The Bertz CT molecular complexity index is 917. The minimum absolute atomic E-state index is 0.0449. The average molecular weight is 419 g/mol. The third-order valence-corrected chi connectivity index (χ3v) is 8.94. The monoisotopic (exact) mass is 418 g/mol. The Kier molecular flexibility index (Phi) is 5.85. The second-order valence-electron chi connectivity index (χ2n) is 7.56. The molecule has 0 aliphatic carbocycles. The maximum Gasteiger partial charge on any atom is 0.253 e. The minimum atomic E-state index is -3.71. The van der Waals surface area contributed by atoms with Gasteiger partial charge >= 0.3 is 0 Å².